The summed E-state index contributed by atoms with van der Waals surface area (Å²) in [5, 5.41) is 28.1. The van der Waals surface area contributed by atoms with E-state index in [4.69, 9.17) is 5.26 Å². The molecule has 4 heteroatoms. The molecule has 0 saturated heterocycles. The Morgan fingerprint density at radius 1 is 1.06 bits per heavy atom. The minimum Gasteiger partial charge on any atom is -0.364 e. The van der Waals surface area contributed by atoms with Crippen molar-refractivity contribution in [3.05, 3.63) is 0 Å². The van der Waals surface area contributed by atoms with Gasteiger partial charge in [-0.25, -0.2) is 0 Å². The lowest BCUT2D eigenvalue weighted by molar-refractivity contribution is -0.275. The molecule has 94 valence electrons. The summed E-state index contributed by atoms with van der Waals surface area (Å²) in [6.45, 7) is 11.1. The smallest absolute Gasteiger partial charge is 0.186 e. The maximum Gasteiger partial charge on any atom is 0.186 e. The zero-order chi connectivity index (χ0) is 13.8. The summed E-state index contributed by atoms with van der Waals surface area (Å²) < 4.78 is 0. The van der Waals surface area contributed by atoms with Crippen molar-refractivity contribution in [3.8, 4) is 6.07 Å². The van der Waals surface area contributed by atoms with Crippen LogP contribution >= 0.6 is 0 Å². The van der Waals surface area contributed by atoms with Crippen molar-refractivity contribution in [3.63, 3.8) is 0 Å². The highest BCUT2D eigenvalue weighted by Crippen LogP contribution is 2.41. The van der Waals surface area contributed by atoms with E-state index in [0.717, 1.165) is 0 Å². The van der Waals surface area contributed by atoms with Gasteiger partial charge in [0.2, 0.25) is 0 Å². The van der Waals surface area contributed by atoms with E-state index in [9.17, 15) is 15.0 Å². The first-order valence-corrected chi connectivity index (χ1v) is 5.12. The van der Waals surface area contributed by atoms with Crippen molar-refractivity contribution in [1.29, 1.82) is 5.26 Å². The molecule has 0 amide bonds. The molecule has 0 rings (SSSR count). The third kappa shape index (κ3) is 4.73. The van der Waals surface area contributed by atoms with Crippen LogP contribution in [0.2, 0.25) is 0 Å². The van der Waals surface area contributed by atoms with Crippen molar-refractivity contribution in [2.45, 2.75) is 54.3 Å². The summed E-state index contributed by atoms with van der Waals surface area (Å²) in [4.78, 5) is 9.44. The van der Waals surface area contributed by atoms with Crippen LogP contribution < -0.4 is 0 Å². The average Bonchev–Trinajstić information content (AvgIpc) is 2.00. The van der Waals surface area contributed by atoms with Gasteiger partial charge in [0.15, 0.2) is 5.79 Å². The molecular weight excluding hydrogens is 206 g/mol. The van der Waals surface area contributed by atoms with Crippen LogP contribution in [0.1, 0.15) is 48.5 Å². The van der Waals surface area contributed by atoms with Crippen LogP contribution in [0.4, 0.5) is 0 Å². The van der Waals surface area contributed by atoms with E-state index >= 15 is 0 Å². The molecule has 0 unspecified atom stereocenters. The van der Waals surface area contributed by atoms with Crippen molar-refractivity contribution < 1.29 is 15.0 Å². The van der Waals surface area contributed by atoms with Gasteiger partial charge in [-0.05, 0) is 27.7 Å². The summed E-state index contributed by atoms with van der Waals surface area (Å²) in [5.41, 5.74) is -1.89. The molecule has 2 N–H and O–H groups in total. The Bertz CT molecular complexity index is 276. The Kier molecular flexibility index (Phi) is 5.92. The van der Waals surface area contributed by atoms with Gasteiger partial charge in [-0.2, -0.15) is 5.26 Å². The molecule has 0 bridgehead atoms. The molecule has 4 nitrogen and oxygen atoms in total. The Morgan fingerprint density at radius 3 is 1.38 bits per heavy atom. The van der Waals surface area contributed by atoms with E-state index in [-0.39, 0.29) is 5.78 Å². The topological polar surface area (TPSA) is 81.3 Å². The van der Waals surface area contributed by atoms with Crippen molar-refractivity contribution >= 4 is 5.78 Å². The molecule has 0 aromatic rings. The first kappa shape index (κ1) is 17.5. The maximum absolute atomic E-state index is 9.71. The van der Waals surface area contributed by atoms with Gasteiger partial charge in [-0.15, -0.1) is 0 Å². The monoisotopic (exact) mass is 229 g/mol. The number of rotatable bonds is 1. The van der Waals surface area contributed by atoms with Gasteiger partial charge in [-0.3, -0.25) is 0 Å². The zero-order valence-corrected chi connectivity index (χ0v) is 11.2. The molecule has 0 aliphatic rings. The van der Waals surface area contributed by atoms with Gasteiger partial charge in [0, 0.05) is 5.41 Å². The van der Waals surface area contributed by atoms with E-state index in [1.165, 1.54) is 27.7 Å². The van der Waals surface area contributed by atoms with Crippen molar-refractivity contribution in [1.82, 2.24) is 0 Å². The SMILES string of the molecule is CC(C)(C)C(O)(O)C(C)(C)C#N.CC(C)=O. The number of nitrogens with zero attached hydrogens (tertiary/aromatic N) is 1. The Labute approximate surface area is 97.9 Å². The van der Waals surface area contributed by atoms with Crippen LogP contribution in [0, 0.1) is 22.2 Å². The van der Waals surface area contributed by atoms with Gasteiger partial charge in [-0.1, -0.05) is 20.8 Å². The summed E-state index contributed by atoms with van der Waals surface area (Å²) in [6, 6.07) is 1.89. The predicted octanol–water partition coefficient (Wildman–Crippen LogP) is 1.86. The first-order chi connectivity index (χ1) is 6.79. The fourth-order valence-electron chi connectivity index (χ4n) is 1.02. The fourth-order valence-corrected chi connectivity index (χ4v) is 1.02. The van der Waals surface area contributed by atoms with E-state index in [2.05, 4.69) is 0 Å². The molecule has 0 saturated carbocycles. The summed E-state index contributed by atoms with van der Waals surface area (Å²) >= 11 is 0. The van der Waals surface area contributed by atoms with E-state index in [1.807, 2.05) is 6.07 Å². The number of hydrogen-bond donors (Lipinski definition) is 2. The van der Waals surface area contributed by atoms with Crippen LogP contribution in [-0.2, 0) is 4.79 Å². The molecule has 0 radical (unpaired) electrons. The Balaban J connectivity index is 0. The average molecular weight is 229 g/mol. The Hall–Kier alpha value is -0.920. The van der Waals surface area contributed by atoms with Crippen LogP contribution in [0.3, 0.4) is 0 Å². The number of carbonyl (C=O) groups excluding carboxylic acids is 1. The second kappa shape index (κ2) is 5.42. The summed E-state index contributed by atoms with van der Waals surface area (Å²) in [7, 11) is 0. The van der Waals surface area contributed by atoms with Crippen molar-refractivity contribution in [2.24, 2.45) is 10.8 Å². The number of ketones is 1. The lowest BCUT2D eigenvalue weighted by Crippen LogP contribution is -2.53. The third-order valence-electron chi connectivity index (χ3n) is 2.20. The maximum atomic E-state index is 9.71. The minimum atomic E-state index is -1.98. The molecule has 0 aliphatic carbocycles. The van der Waals surface area contributed by atoms with E-state index in [1.54, 1.807) is 20.8 Å². The highest BCUT2D eigenvalue weighted by atomic mass is 16.5. The zero-order valence-electron chi connectivity index (χ0n) is 11.2. The second-order valence-electron chi connectivity index (χ2n) is 5.57. The summed E-state index contributed by atoms with van der Waals surface area (Å²) in [5.74, 6) is -1.81. The van der Waals surface area contributed by atoms with Gasteiger partial charge >= 0.3 is 0 Å². The highest BCUT2D eigenvalue weighted by Gasteiger charge is 2.51. The molecule has 0 fully saturated rings. The van der Waals surface area contributed by atoms with Gasteiger partial charge in [0.05, 0.1) is 6.07 Å². The number of aliphatic hydroxyl groups is 2. The molecule has 16 heavy (non-hydrogen) atoms. The van der Waals surface area contributed by atoms with Crippen LogP contribution in [0.15, 0.2) is 0 Å². The standard InChI is InChI=1S/C9H17NO2.C3H6O/c1-7(2,3)9(11,12)8(4,5)6-10;1-3(2)4/h11-12H,1-5H3;1-2H3. The van der Waals surface area contributed by atoms with Gasteiger partial charge in [0.1, 0.15) is 11.2 Å². The van der Waals surface area contributed by atoms with E-state index in [0.29, 0.717) is 0 Å². The number of Topliss-reactive ketones (excluding diaryl/α,β-unsaturated/α-hetero) is 1. The molecule has 0 heterocycles. The quantitative estimate of drug-likeness (QED) is 0.672. The molecule has 0 spiro atoms. The first-order valence-electron chi connectivity index (χ1n) is 5.12. The van der Waals surface area contributed by atoms with Crippen LogP contribution in [-0.4, -0.2) is 21.8 Å². The molecule has 0 atom stereocenters. The fraction of sp³-hybridized carbons (Fsp3) is 0.833. The Morgan fingerprint density at radius 2 is 1.31 bits per heavy atom. The van der Waals surface area contributed by atoms with Gasteiger partial charge in [0.25, 0.3) is 0 Å². The van der Waals surface area contributed by atoms with Crippen LogP contribution in [0.5, 0.6) is 0 Å². The molecule has 0 aromatic heterocycles. The highest BCUT2D eigenvalue weighted by molar-refractivity contribution is 5.72. The lowest BCUT2D eigenvalue weighted by Gasteiger charge is -2.42. The summed E-state index contributed by atoms with van der Waals surface area (Å²) in [6.07, 6.45) is 0. The largest absolute Gasteiger partial charge is 0.364 e. The van der Waals surface area contributed by atoms with Crippen molar-refractivity contribution in [2.75, 3.05) is 0 Å². The lowest BCUT2D eigenvalue weighted by atomic mass is 9.70. The molecular formula is C12H23NO3. The second-order valence-corrected chi connectivity index (χ2v) is 5.57. The normalized spacial score (nSPS) is 12.2. The molecule has 0 aromatic carbocycles. The van der Waals surface area contributed by atoms with E-state index < -0.39 is 16.6 Å². The minimum absolute atomic E-state index is 0.167. The van der Waals surface area contributed by atoms with Gasteiger partial charge < -0.3 is 15.0 Å². The predicted molar refractivity (Wildman–Crippen MR) is 62.4 cm³/mol. The number of nitriles is 1. The van der Waals surface area contributed by atoms with Crippen LogP contribution in [0.25, 0.3) is 0 Å². The number of carbonyl (C=O) groups is 1. The molecule has 0 aliphatic heterocycles. The number of hydrogen-bond acceptors (Lipinski definition) is 4. The third-order valence-corrected chi connectivity index (χ3v) is 2.20.